The lowest BCUT2D eigenvalue weighted by Gasteiger charge is -1.97. The molecule has 20 heavy (non-hydrogen) atoms. The number of thiophene rings is 1. The molecule has 2 heterocycles. The normalized spacial score (nSPS) is 10.7. The second-order valence-corrected chi connectivity index (χ2v) is 6.14. The number of carbonyl (C=O) groups is 2. The van der Waals surface area contributed by atoms with Crippen LogP contribution < -0.4 is 5.32 Å². The van der Waals surface area contributed by atoms with Gasteiger partial charge in [0.15, 0.2) is 10.9 Å². The first-order valence-corrected chi connectivity index (χ1v) is 7.59. The number of thiazole rings is 1. The zero-order chi connectivity index (χ0) is 14.1. The van der Waals surface area contributed by atoms with E-state index in [2.05, 4.69) is 10.3 Å². The molecule has 1 N–H and O–H groups in total. The van der Waals surface area contributed by atoms with Gasteiger partial charge < -0.3 is 0 Å². The highest BCUT2D eigenvalue weighted by molar-refractivity contribution is 7.21. The molecule has 1 aromatic carbocycles. The standard InChI is InChI=1S/C14H10N2O2S2/c1-8(17)10-7-19-14(15-10)16-13(18)12-6-9-4-2-3-5-11(9)20-12/h2-7H,1H3,(H,15,16,18). The van der Waals surface area contributed by atoms with Gasteiger partial charge in [-0.2, -0.15) is 0 Å². The predicted molar refractivity (Wildman–Crippen MR) is 81.9 cm³/mol. The van der Waals surface area contributed by atoms with E-state index in [0.717, 1.165) is 10.1 Å². The Morgan fingerprint density at radius 2 is 2.05 bits per heavy atom. The van der Waals surface area contributed by atoms with Gasteiger partial charge in [0.05, 0.1) is 4.88 Å². The molecule has 0 unspecified atom stereocenters. The van der Waals surface area contributed by atoms with Crippen molar-refractivity contribution in [2.75, 3.05) is 5.32 Å². The lowest BCUT2D eigenvalue weighted by molar-refractivity contribution is 0.100. The highest BCUT2D eigenvalue weighted by Gasteiger charge is 2.13. The number of fused-ring (bicyclic) bond motifs is 1. The molecule has 100 valence electrons. The first kappa shape index (κ1) is 13.0. The summed E-state index contributed by atoms with van der Waals surface area (Å²) in [4.78, 5) is 28.0. The Morgan fingerprint density at radius 3 is 2.75 bits per heavy atom. The van der Waals surface area contributed by atoms with Gasteiger partial charge in [-0.3, -0.25) is 14.9 Å². The van der Waals surface area contributed by atoms with Gasteiger partial charge in [0, 0.05) is 17.0 Å². The number of aromatic nitrogens is 1. The minimum absolute atomic E-state index is 0.108. The molecule has 2 aromatic heterocycles. The van der Waals surface area contributed by atoms with Gasteiger partial charge in [0.1, 0.15) is 5.69 Å². The fraction of sp³-hybridized carbons (Fsp3) is 0.0714. The summed E-state index contributed by atoms with van der Waals surface area (Å²) in [6.07, 6.45) is 0. The van der Waals surface area contributed by atoms with Crippen molar-refractivity contribution in [3.63, 3.8) is 0 Å². The first-order valence-electron chi connectivity index (χ1n) is 5.90. The van der Waals surface area contributed by atoms with Crippen LogP contribution >= 0.6 is 22.7 Å². The smallest absolute Gasteiger partial charge is 0.267 e. The molecule has 0 aliphatic rings. The van der Waals surface area contributed by atoms with Gasteiger partial charge in [-0.1, -0.05) is 18.2 Å². The first-order chi connectivity index (χ1) is 9.63. The van der Waals surface area contributed by atoms with Gasteiger partial charge in [0.2, 0.25) is 0 Å². The van der Waals surface area contributed by atoms with Crippen LogP contribution in [0.15, 0.2) is 35.7 Å². The van der Waals surface area contributed by atoms with E-state index in [1.165, 1.54) is 29.6 Å². The van der Waals surface area contributed by atoms with Crippen LogP contribution in [0, 0.1) is 0 Å². The molecular formula is C14H10N2O2S2. The summed E-state index contributed by atoms with van der Waals surface area (Å²) in [7, 11) is 0. The van der Waals surface area contributed by atoms with Gasteiger partial charge in [-0.05, 0) is 17.5 Å². The minimum Gasteiger partial charge on any atom is -0.297 e. The maximum Gasteiger partial charge on any atom is 0.267 e. The van der Waals surface area contributed by atoms with Gasteiger partial charge >= 0.3 is 0 Å². The third kappa shape index (κ3) is 2.48. The number of benzene rings is 1. The molecule has 0 saturated heterocycles. The van der Waals surface area contributed by atoms with E-state index in [1.807, 2.05) is 30.3 Å². The molecule has 0 radical (unpaired) electrons. The Hall–Kier alpha value is -2.05. The van der Waals surface area contributed by atoms with E-state index in [-0.39, 0.29) is 11.7 Å². The minimum atomic E-state index is -0.198. The van der Waals surface area contributed by atoms with E-state index in [4.69, 9.17) is 0 Å². The molecule has 0 atom stereocenters. The molecule has 3 aromatic rings. The quantitative estimate of drug-likeness (QED) is 0.748. The number of Topliss-reactive ketones (excluding diaryl/α,β-unsaturated/α-hetero) is 1. The zero-order valence-electron chi connectivity index (χ0n) is 10.5. The Kier molecular flexibility index (Phi) is 3.33. The second kappa shape index (κ2) is 5.15. The number of hydrogen-bond donors (Lipinski definition) is 1. The summed E-state index contributed by atoms with van der Waals surface area (Å²) in [6, 6.07) is 9.69. The van der Waals surface area contributed by atoms with E-state index in [9.17, 15) is 9.59 Å². The van der Waals surface area contributed by atoms with Gasteiger partial charge in [-0.25, -0.2) is 4.98 Å². The number of carbonyl (C=O) groups excluding carboxylic acids is 2. The van der Waals surface area contributed by atoms with Crippen molar-refractivity contribution in [2.24, 2.45) is 0 Å². The Labute approximate surface area is 123 Å². The summed E-state index contributed by atoms with van der Waals surface area (Å²) in [5, 5.41) is 5.85. The van der Waals surface area contributed by atoms with Crippen molar-refractivity contribution in [1.29, 1.82) is 0 Å². The number of rotatable bonds is 3. The van der Waals surface area contributed by atoms with Crippen LogP contribution in [0.25, 0.3) is 10.1 Å². The molecule has 0 aliphatic heterocycles. The van der Waals surface area contributed by atoms with Crippen molar-refractivity contribution < 1.29 is 9.59 Å². The van der Waals surface area contributed by atoms with Crippen LogP contribution in [0.3, 0.4) is 0 Å². The summed E-state index contributed by atoms with van der Waals surface area (Å²) in [6.45, 7) is 1.45. The number of ketones is 1. The summed E-state index contributed by atoms with van der Waals surface area (Å²) < 4.78 is 1.07. The molecule has 0 spiro atoms. The lowest BCUT2D eigenvalue weighted by Crippen LogP contribution is -2.10. The average Bonchev–Trinajstić information content (AvgIpc) is 3.04. The maximum atomic E-state index is 12.1. The van der Waals surface area contributed by atoms with Crippen LogP contribution in [0.2, 0.25) is 0 Å². The van der Waals surface area contributed by atoms with Gasteiger partial charge in [-0.15, -0.1) is 22.7 Å². The maximum absolute atomic E-state index is 12.1. The Morgan fingerprint density at radius 1 is 1.25 bits per heavy atom. The fourth-order valence-corrected chi connectivity index (χ4v) is 3.45. The van der Waals surface area contributed by atoms with Crippen molar-refractivity contribution in [3.05, 3.63) is 46.3 Å². The van der Waals surface area contributed by atoms with Crippen LogP contribution in [0.4, 0.5) is 5.13 Å². The zero-order valence-corrected chi connectivity index (χ0v) is 12.2. The van der Waals surface area contributed by atoms with E-state index >= 15 is 0 Å². The Bertz CT molecular complexity index is 771. The predicted octanol–water partition coefficient (Wildman–Crippen LogP) is 3.81. The summed E-state index contributed by atoms with van der Waals surface area (Å²) >= 11 is 2.68. The topological polar surface area (TPSA) is 59.1 Å². The number of nitrogens with zero attached hydrogens (tertiary/aromatic N) is 1. The number of anilines is 1. The SMILES string of the molecule is CC(=O)c1csc(NC(=O)c2cc3ccccc3s2)n1. The summed E-state index contributed by atoms with van der Waals surface area (Å²) in [5.74, 6) is -0.306. The molecular weight excluding hydrogens is 292 g/mol. The molecule has 3 rings (SSSR count). The van der Waals surface area contributed by atoms with Crippen LogP contribution in [0.5, 0.6) is 0 Å². The van der Waals surface area contributed by atoms with E-state index < -0.39 is 0 Å². The van der Waals surface area contributed by atoms with Crippen LogP contribution in [-0.2, 0) is 0 Å². The molecule has 0 saturated carbocycles. The lowest BCUT2D eigenvalue weighted by atomic mass is 10.2. The molecule has 0 fully saturated rings. The van der Waals surface area contributed by atoms with Crippen molar-refractivity contribution in [3.8, 4) is 0 Å². The number of amides is 1. The molecule has 1 amide bonds. The molecule has 4 nitrogen and oxygen atoms in total. The monoisotopic (exact) mass is 302 g/mol. The van der Waals surface area contributed by atoms with Crippen molar-refractivity contribution in [2.45, 2.75) is 6.92 Å². The highest BCUT2D eigenvalue weighted by Crippen LogP contribution is 2.26. The number of hydrogen-bond acceptors (Lipinski definition) is 5. The molecule has 6 heteroatoms. The average molecular weight is 302 g/mol. The van der Waals surface area contributed by atoms with Crippen LogP contribution in [0.1, 0.15) is 27.1 Å². The van der Waals surface area contributed by atoms with Crippen molar-refractivity contribution in [1.82, 2.24) is 4.98 Å². The fourth-order valence-electron chi connectivity index (χ4n) is 1.75. The third-order valence-electron chi connectivity index (χ3n) is 2.73. The van der Waals surface area contributed by atoms with E-state index in [0.29, 0.717) is 15.7 Å². The number of nitrogens with one attached hydrogen (secondary N) is 1. The molecule has 0 aliphatic carbocycles. The highest BCUT2D eigenvalue weighted by atomic mass is 32.1. The Balaban J connectivity index is 1.83. The van der Waals surface area contributed by atoms with Crippen LogP contribution in [-0.4, -0.2) is 16.7 Å². The van der Waals surface area contributed by atoms with Gasteiger partial charge in [0.25, 0.3) is 5.91 Å². The molecule has 0 bridgehead atoms. The van der Waals surface area contributed by atoms with Crippen molar-refractivity contribution >= 4 is 49.6 Å². The second-order valence-electron chi connectivity index (χ2n) is 4.20. The summed E-state index contributed by atoms with van der Waals surface area (Å²) in [5.41, 5.74) is 0.377. The largest absolute Gasteiger partial charge is 0.297 e. The van der Waals surface area contributed by atoms with E-state index in [1.54, 1.807) is 5.38 Å². The third-order valence-corrected chi connectivity index (χ3v) is 4.61.